The molecule has 0 heterocycles. The quantitative estimate of drug-likeness (QED) is 0.717. The van der Waals surface area contributed by atoms with Gasteiger partial charge in [0.25, 0.3) is 0 Å². The summed E-state index contributed by atoms with van der Waals surface area (Å²) in [4.78, 5) is 2.37. The van der Waals surface area contributed by atoms with Gasteiger partial charge in [0.15, 0.2) is 0 Å². The van der Waals surface area contributed by atoms with Crippen molar-refractivity contribution in [2.24, 2.45) is 0 Å². The van der Waals surface area contributed by atoms with E-state index in [1.807, 2.05) is 0 Å². The lowest BCUT2D eigenvalue weighted by Gasteiger charge is -2.33. The lowest BCUT2D eigenvalue weighted by atomic mass is 9.90. The fourth-order valence-corrected chi connectivity index (χ4v) is 2.14. The predicted molar refractivity (Wildman–Crippen MR) is 58.0 cm³/mol. The number of nitrogens with one attached hydrogen (secondary N) is 1. The molecular weight excluding hydrogens is 160 g/mol. The van der Waals surface area contributed by atoms with Crippen LogP contribution in [-0.2, 0) is 0 Å². The average molecular weight is 184 g/mol. The van der Waals surface area contributed by atoms with Crippen LogP contribution < -0.4 is 5.32 Å². The third-order valence-electron chi connectivity index (χ3n) is 3.11. The van der Waals surface area contributed by atoms with Crippen molar-refractivity contribution in [3.63, 3.8) is 0 Å². The Morgan fingerprint density at radius 3 is 2.23 bits per heavy atom. The van der Waals surface area contributed by atoms with Crippen LogP contribution in [0.5, 0.6) is 0 Å². The maximum atomic E-state index is 3.61. The van der Waals surface area contributed by atoms with Crippen molar-refractivity contribution >= 4 is 0 Å². The monoisotopic (exact) mass is 184 g/mol. The van der Waals surface area contributed by atoms with Crippen molar-refractivity contribution in [2.45, 2.75) is 51.1 Å². The first-order valence-corrected chi connectivity index (χ1v) is 5.63. The molecule has 78 valence electrons. The Morgan fingerprint density at radius 2 is 1.77 bits per heavy atom. The Labute approximate surface area is 82.7 Å². The summed E-state index contributed by atoms with van der Waals surface area (Å²) < 4.78 is 0. The summed E-state index contributed by atoms with van der Waals surface area (Å²) in [6.45, 7) is 3.43. The van der Waals surface area contributed by atoms with Gasteiger partial charge < -0.3 is 10.2 Å². The van der Waals surface area contributed by atoms with Crippen LogP contribution in [0.25, 0.3) is 0 Å². The van der Waals surface area contributed by atoms with E-state index in [2.05, 4.69) is 31.2 Å². The molecule has 1 aliphatic rings. The van der Waals surface area contributed by atoms with Crippen LogP contribution in [0.3, 0.4) is 0 Å². The van der Waals surface area contributed by atoms with Crippen LogP contribution in [-0.4, -0.2) is 37.6 Å². The number of hydrogen-bond acceptors (Lipinski definition) is 2. The highest BCUT2D eigenvalue weighted by Crippen LogP contribution is 2.21. The Kier molecular flexibility index (Phi) is 4.74. The van der Waals surface area contributed by atoms with Gasteiger partial charge in [-0.05, 0) is 52.7 Å². The standard InChI is InChI=1S/C11H24N2/c1-4-9-12-10-5-7-11(8-6-10)13(2)3/h10-12H,4-9H2,1-3H3. The normalized spacial score (nSPS) is 29.5. The molecule has 1 rings (SSSR count). The Balaban J connectivity index is 2.15. The first-order valence-electron chi connectivity index (χ1n) is 5.63. The van der Waals surface area contributed by atoms with E-state index < -0.39 is 0 Å². The molecule has 0 aliphatic heterocycles. The number of hydrogen-bond donors (Lipinski definition) is 1. The Bertz CT molecular complexity index is 126. The minimum Gasteiger partial charge on any atom is -0.314 e. The lowest BCUT2D eigenvalue weighted by molar-refractivity contribution is 0.205. The zero-order valence-electron chi connectivity index (χ0n) is 9.34. The summed E-state index contributed by atoms with van der Waals surface area (Å²) in [5.41, 5.74) is 0. The molecule has 1 aliphatic carbocycles. The summed E-state index contributed by atoms with van der Waals surface area (Å²) in [6, 6.07) is 1.64. The summed E-state index contributed by atoms with van der Waals surface area (Å²) in [5, 5.41) is 3.61. The van der Waals surface area contributed by atoms with Crippen molar-refractivity contribution < 1.29 is 0 Å². The van der Waals surface area contributed by atoms with E-state index in [1.54, 1.807) is 0 Å². The zero-order valence-corrected chi connectivity index (χ0v) is 9.34. The first-order chi connectivity index (χ1) is 6.24. The molecule has 0 aromatic rings. The second-order valence-corrected chi connectivity index (χ2v) is 4.42. The highest BCUT2D eigenvalue weighted by atomic mass is 15.1. The fourth-order valence-electron chi connectivity index (χ4n) is 2.14. The van der Waals surface area contributed by atoms with Gasteiger partial charge in [-0.1, -0.05) is 6.92 Å². The number of rotatable bonds is 4. The van der Waals surface area contributed by atoms with Gasteiger partial charge in [0.2, 0.25) is 0 Å². The van der Waals surface area contributed by atoms with Crippen LogP contribution >= 0.6 is 0 Å². The molecule has 0 spiro atoms. The molecule has 0 bridgehead atoms. The van der Waals surface area contributed by atoms with Gasteiger partial charge in [0.1, 0.15) is 0 Å². The molecule has 0 aromatic carbocycles. The molecule has 1 saturated carbocycles. The molecule has 0 radical (unpaired) electrons. The smallest absolute Gasteiger partial charge is 0.00903 e. The highest BCUT2D eigenvalue weighted by Gasteiger charge is 2.21. The molecule has 1 fully saturated rings. The van der Waals surface area contributed by atoms with E-state index in [0.29, 0.717) is 0 Å². The molecule has 0 atom stereocenters. The third kappa shape index (κ3) is 3.65. The summed E-state index contributed by atoms with van der Waals surface area (Å²) >= 11 is 0. The molecular formula is C11H24N2. The van der Waals surface area contributed by atoms with Gasteiger partial charge in [-0.15, -0.1) is 0 Å². The van der Waals surface area contributed by atoms with E-state index in [-0.39, 0.29) is 0 Å². The highest BCUT2D eigenvalue weighted by molar-refractivity contribution is 4.80. The SMILES string of the molecule is CCCNC1CCC(N(C)C)CC1. The van der Waals surface area contributed by atoms with Crippen molar-refractivity contribution in [1.29, 1.82) is 0 Å². The number of nitrogens with zero attached hydrogens (tertiary/aromatic N) is 1. The van der Waals surface area contributed by atoms with Gasteiger partial charge in [0.05, 0.1) is 0 Å². The summed E-state index contributed by atoms with van der Waals surface area (Å²) in [7, 11) is 4.40. The average Bonchev–Trinajstić information content (AvgIpc) is 2.15. The topological polar surface area (TPSA) is 15.3 Å². The van der Waals surface area contributed by atoms with Gasteiger partial charge in [-0.2, -0.15) is 0 Å². The van der Waals surface area contributed by atoms with E-state index in [0.717, 1.165) is 12.1 Å². The van der Waals surface area contributed by atoms with E-state index in [4.69, 9.17) is 0 Å². The fraction of sp³-hybridized carbons (Fsp3) is 1.00. The predicted octanol–water partition coefficient (Wildman–Crippen LogP) is 1.86. The Morgan fingerprint density at radius 1 is 1.15 bits per heavy atom. The molecule has 0 saturated heterocycles. The molecule has 13 heavy (non-hydrogen) atoms. The summed E-state index contributed by atoms with van der Waals surface area (Å²) in [6.07, 6.45) is 6.72. The van der Waals surface area contributed by atoms with Crippen molar-refractivity contribution in [3.05, 3.63) is 0 Å². The lowest BCUT2D eigenvalue weighted by Crippen LogP contribution is -2.39. The van der Waals surface area contributed by atoms with Crippen LogP contribution in [0.4, 0.5) is 0 Å². The molecule has 0 aromatic heterocycles. The molecule has 2 nitrogen and oxygen atoms in total. The van der Waals surface area contributed by atoms with Crippen molar-refractivity contribution in [3.8, 4) is 0 Å². The van der Waals surface area contributed by atoms with Crippen molar-refractivity contribution in [1.82, 2.24) is 10.2 Å². The van der Waals surface area contributed by atoms with E-state index >= 15 is 0 Å². The van der Waals surface area contributed by atoms with Gasteiger partial charge in [-0.3, -0.25) is 0 Å². The summed E-state index contributed by atoms with van der Waals surface area (Å²) in [5.74, 6) is 0. The van der Waals surface area contributed by atoms with Gasteiger partial charge in [0, 0.05) is 12.1 Å². The third-order valence-corrected chi connectivity index (χ3v) is 3.11. The van der Waals surface area contributed by atoms with Gasteiger partial charge >= 0.3 is 0 Å². The van der Waals surface area contributed by atoms with Crippen LogP contribution in [0.15, 0.2) is 0 Å². The minimum absolute atomic E-state index is 0.802. The zero-order chi connectivity index (χ0) is 9.68. The Hall–Kier alpha value is -0.0800. The van der Waals surface area contributed by atoms with Crippen molar-refractivity contribution in [2.75, 3.05) is 20.6 Å². The second kappa shape index (κ2) is 5.61. The first kappa shape index (κ1) is 11.0. The second-order valence-electron chi connectivity index (χ2n) is 4.42. The van der Waals surface area contributed by atoms with E-state index in [9.17, 15) is 0 Å². The maximum Gasteiger partial charge on any atom is 0.00903 e. The molecule has 2 heteroatoms. The maximum absolute atomic E-state index is 3.61. The minimum atomic E-state index is 0.802. The van der Waals surface area contributed by atoms with Crippen LogP contribution in [0.2, 0.25) is 0 Å². The van der Waals surface area contributed by atoms with Gasteiger partial charge in [-0.25, -0.2) is 0 Å². The molecule has 0 unspecified atom stereocenters. The largest absolute Gasteiger partial charge is 0.314 e. The molecule has 0 amide bonds. The molecule has 1 N–H and O–H groups in total. The van der Waals surface area contributed by atoms with Crippen LogP contribution in [0, 0.1) is 0 Å². The van der Waals surface area contributed by atoms with Crippen LogP contribution in [0.1, 0.15) is 39.0 Å². The van der Waals surface area contributed by atoms with E-state index in [1.165, 1.54) is 38.6 Å².